The third-order valence-corrected chi connectivity index (χ3v) is 9.15. The summed E-state index contributed by atoms with van der Waals surface area (Å²) in [6.45, 7) is 11.6. The van der Waals surface area contributed by atoms with Gasteiger partial charge in [-0.05, 0) is 67.3 Å². The van der Waals surface area contributed by atoms with Crippen LogP contribution in [0.1, 0.15) is 80.6 Å². The molecule has 4 aliphatic rings. The van der Waals surface area contributed by atoms with Crippen molar-refractivity contribution in [2.75, 3.05) is 6.54 Å². The Bertz CT molecular complexity index is 1150. The number of rotatable bonds is 11. The largest absolute Gasteiger partial charge is 0.464 e. The first kappa shape index (κ1) is 31.2. The highest BCUT2D eigenvalue weighted by Crippen LogP contribution is 2.65. The molecule has 0 spiro atoms. The Morgan fingerprint density at radius 2 is 1.63 bits per heavy atom. The average molecular weight is 585 g/mol. The lowest BCUT2D eigenvalue weighted by molar-refractivity contribution is -0.253. The van der Waals surface area contributed by atoms with Gasteiger partial charge < -0.3 is 26.0 Å². The first-order chi connectivity index (χ1) is 18.7. The molecule has 1 saturated heterocycles. The van der Waals surface area contributed by atoms with E-state index in [-0.39, 0.29) is 29.1 Å². The van der Waals surface area contributed by atoms with E-state index >= 15 is 0 Å². The lowest BCUT2D eigenvalue weighted by atomic mass is 9.85. The van der Waals surface area contributed by atoms with Crippen LogP contribution in [-0.4, -0.2) is 64.9 Å². The molecule has 230 valence electrons. The van der Waals surface area contributed by atoms with Crippen LogP contribution >= 0.6 is 0 Å². The van der Waals surface area contributed by atoms with Gasteiger partial charge >= 0.3 is 6.18 Å². The van der Waals surface area contributed by atoms with Crippen molar-refractivity contribution in [2.24, 2.45) is 34.3 Å². The van der Waals surface area contributed by atoms with Gasteiger partial charge in [-0.2, -0.15) is 13.2 Å². The molecule has 0 bridgehead atoms. The zero-order chi connectivity index (χ0) is 30.9. The van der Waals surface area contributed by atoms with Crippen molar-refractivity contribution in [1.82, 2.24) is 15.5 Å². The summed E-state index contributed by atoms with van der Waals surface area (Å²) >= 11 is 0. The highest BCUT2D eigenvalue weighted by Gasteiger charge is 2.70. The quantitative estimate of drug-likeness (QED) is 0.253. The van der Waals surface area contributed by atoms with Gasteiger partial charge in [-0.1, -0.05) is 47.5 Å². The molecule has 41 heavy (non-hydrogen) atoms. The number of nitrogens with zero attached hydrogens (tertiary/aromatic N) is 1. The van der Waals surface area contributed by atoms with E-state index in [9.17, 15) is 32.3 Å². The van der Waals surface area contributed by atoms with Crippen molar-refractivity contribution in [3.8, 4) is 0 Å². The Balaban J connectivity index is 1.59. The number of piperidine rings is 1. The Morgan fingerprint density at radius 3 is 2.10 bits per heavy atom. The highest BCUT2D eigenvalue weighted by molar-refractivity contribution is 6.37. The normalized spacial score (nSPS) is 26.4. The van der Waals surface area contributed by atoms with E-state index in [2.05, 4.69) is 10.6 Å². The number of ketones is 1. The summed E-state index contributed by atoms with van der Waals surface area (Å²) in [7, 11) is 0. The number of amides is 3. The molecule has 0 aromatic rings. The Hall–Kier alpha value is -2.79. The van der Waals surface area contributed by atoms with E-state index < -0.39 is 58.8 Å². The molecule has 0 radical (unpaired) electrons. The molecule has 4 rings (SSSR count). The number of nitrogens with one attached hydrogen (secondary N) is 2. The van der Waals surface area contributed by atoms with Gasteiger partial charge in [0, 0.05) is 6.54 Å². The second-order valence-electron chi connectivity index (χ2n) is 14.3. The van der Waals surface area contributed by atoms with Crippen LogP contribution in [0.15, 0.2) is 11.5 Å². The van der Waals surface area contributed by atoms with E-state index in [1.165, 1.54) is 4.90 Å². The molecular weight excluding hydrogens is 541 g/mol. The number of carbonyl (C=O) groups excluding carboxylic acids is 4. The molecule has 0 aromatic heterocycles. The minimum atomic E-state index is -4.64. The van der Waals surface area contributed by atoms with Gasteiger partial charge in [0.05, 0.1) is 6.04 Å². The third-order valence-electron chi connectivity index (χ3n) is 9.15. The Kier molecular flexibility index (Phi) is 7.74. The number of likely N-dealkylation sites (tertiary alicyclic amines) is 1. The molecule has 9 nitrogen and oxygen atoms in total. The molecule has 0 aromatic carbocycles. The van der Waals surface area contributed by atoms with Gasteiger partial charge in [-0.25, -0.2) is 0 Å². The number of nitrogens with two attached hydrogens (primary N) is 1. The fourth-order valence-corrected chi connectivity index (χ4v) is 5.91. The lowest BCUT2D eigenvalue weighted by Gasteiger charge is -2.39. The van der Waals surface area contributed by atoms with Crippen LogP contribution in [0, 0.1) is 28.6 Å². The summed E-state index contributed by atoms with van der Waals surface area (Å²) in [5, 5.41) is 5.72. The van der Waals surface area contributed by atoms with E-state index in [1.807, 2.05) is 13.8 Å². The average Bonchev–Trinajstić information content (AvgIpc) is 3.76. The molecule has 1 heterocycles. The fourth-order valence-electron chi connectivity index (χ4n) is 5.91. The number of alkyl halides is 3. The summed E-state index contributed by atoms with van der Waals surface area (Å²) in [5.74, 6) is -2.92. The second kappa shape index (κ2) is 10.2. The number of hydrogen-bond acceptors (Lipinski definition) is 6. The molecule has 1 aliphatic heterocycles. The smallest absolute Gasteiger partial charge is 0.427 e. The van der Waals surface area contributed by atoms with Crippen molar-refractivity contribution in [2.45, 2.75) is 110 Å². The summed E-state index contributed by atoms with van der Waals surface area (Å²) in [4.78, 5) is 53.6. The first-order valence-electron chi connectivity index (χ1n) is 14.4. The predicted octanol–water partition coefficient (Wildman–Crippen LogP) is 3.18. The molecular formula is C29H43F3N4O5. The lowest BCUT2D eigenvalue weighted by Crippen LogP contribution is -2.60. The molecule has 5 unspecified atom stereocenters. The topological polar surface area (TPSA) is 131 Å². The van der Waals surface area contributed by atoms with Crippen LogP contribution < -0.4 is 16.4 Å². The van der Waals surface area contributed by atoms with E-state index in [4.69, 9.17) is 10.5 Å². The van der Waals surface area contributed by atoms with Crippen LogP contribution in [0.5, 0.6) is 0 Å². The van der Waals surface area contributed by atoms with Crippen LogP contribution in [-0.2, 0) is 23.9 Å². The predicted molar refractivity (Wildman–Crippen MR) is 144 cm³/mol. The number of halogens is 3. The SMILES string of the molecule is CC(C)(C)C(NC(OC(C)(C)C(F)(F)F)=C1CC1)C(=O)N1CC2C(C1C(=O)NC(CC1CC1)C(=O)C(N)=O)C2(C)C. The molecule has 3 saturated carbocycles. The number of carbonyl (C=O) groups is 4. The van der Waals surface area contributed by atoms with Crippen LogP contribution in [0.2, 0.25) is 0 Å². The van der Waals surface area contributed by atoms with E-state index in [0.29, 0.717) is 31.4 Å². The summed E-state index contributed by atoms with van der Waals surface area (Å²) in [6, 6.07) is -2.97. The first-order valence-corrected chi connectivity index (χ1v) is 14.4. The van der Waals surface area contributed by atoms with Crippen LogP contribution in [0.4, 0.5) is 13.2 Å². The number of ether oxygens (including phenoxy) is 1. The third kappa shape index (κ3) is 6.35. The van der Waals surface area contributed by atoms with Gasteiger partial charge in [0.1, 0.15) is 12.1 Å². The van der Waals surface area contributed by atoms with E-state index in [0.717, 1.165) is 26.7 Å². The van der Waals surface area contributed by atoms with Crippen molar-refractivity contribution in [3.05, 3.63) is 11.5 Å². The van der Waals surface area contributed by atoms with Crippen LogP contribution in [0.25, 0.3) is 0 Å². The van der Waals surface area contributed by atoms with Gasteiger partial charge in [0.2, 0.25) is 17.6 Å². The summed E-state index contributed by atoms with van der Waals surface area (Å²) in [5.41, 5.74) is 2.45. The fraction of sp³-hybridized carbons (Fsp3) is 0.793. The van der Waals surface area contributed by atoms with Gasteiger partial charge in [0.25, 0.3) is 5.91 Å². The maximum absolute atomic E-state index is 14.2. The molecule has 12 heteroatoms. The standard InChI is InChI=1S/C29H43F3N4O5/c1-26(2,3)21(35-24(15-10-11-15)41-28(6,7)29(30,31)32)25(40)36-13-16-18(27(16,4)5)19(36)23(39)34-17(12-14-8-9-14)20(37)22(33)38/h14,16-19,21,35H,8-13H2,1-7H3,(H2,33,38)(H,34,39). The number of Topliss-reactive ketones (excluding diaryl/α,β-unsaturated/α-hetero) is 1. The minimum absolute atomic E-state index is 0.0400. The molecule has 4 fully saturated rings. The molecule has 5 atom stereocenters. The minimum Gasteiger partial charge on any atom is -0.464 e. The molecule has 3 aliphatic carbocycles. The zero-order valence-electron chi connectivity index (χ0n) is 24.9. The number of fused-ring (bicyclic) bond motifs is 1. The maximum atomic E-state index is 14.2. The van der Waals surface area contributed by atoms with Gasteiger partial charge in [0.15, 0.2) is 11.5 Å². The summed E-state index contributed by atoms with van der Waals surface area (Å²) in [6.07, 6.45) is -1.42. The van der Waals surface area contributed by atoms with Crippen molar-refractivity contribution in [3.63, 3.8) is 0 Å². The van der Waals surface area contributed by atoms with Gasteiger partial charge in [-0.3, -0.25) is 19.2 Å². The molecule has 3 amide bonds. The maximum Gasteiger partial charge on any atom is 0.427 e. The monoisotopic (exact) mass is 584 g/mol. The second-order valence-corrected chi connectivity index (χ2v) is 14.3. The Labute approximate surface area is 239 Å². The summed E-state index contributed by atoms with van der Waals surface area (Å²) < 4.78 is 46.4. The number of hydrogen-bond donors (Lipinski definition) is 3. The molecule has 4 N–H and O–H groups in total. The van der Waals surface area contributed by atoms with Crippen LogP contribution in [0.3, 0.4) is 0 Å². The zero-order valence-corrected chi connectivity index (χ0v) is 24.9. The number of allylic oxidation sites excluding steroid dienone is 1. The van der Waals surface area contributed by atoms with Crippen molar-refractivity contribution >= 4 is 23.5 Å². The van der Waals surface area contributed by atoms with Crippen molar-refractivity contribution < 1.29 is 37.1 Å². The highest BCUT2D eigenvalue weighted by atomic mass is 19.4. The van der Waals surface area contributed by atoms with Crippen molar-refractivity contribution in [1.29, 1.82) is 0 Å². The number of primary amides is 1. The Morgan fingerprint density at radius 1 is 1.05 bits per heavy atom. The van der Waals surface area contributed by atoms with Gasteiger partial charge in [-0.15, -0.1) is 0 Å². The van der Waals surface area contributed by atoms with E-state index in [1.54, 1.807) is 20.8 Å².